The number of unbranched alkanes of at least 4 members (excludes halogenated alkanes) is 2. The van der Waals surface area contributed by atoms with Gasteiger partial charge in [0.1, 0.15) is 23.2 Å². The van der Waals surface area contributed by atoms with Crippen LogP contribution < -0.4 is 10.5 Å². The summed E-state index contributed by atoms with van der Waals surface area (Å²) in [6, 6.07) is 12.3. The molecule has 1 aromatic heterocycles. The molecule has 236 valence electrons. The van der Waals surface area contributed by atoms with Gasteiger partial charge in [0.05, 0.1) is 24.4 Å². The first-order chi connectivity index (χ1) is 20.9. The summed E-state index contributed by atoms with van der Waals surface area (Å²) >= 11 is 6.21. The molecule has 0 radical (unpaired) electrons. The Hall–Kier alpha value is -3.96. The maximum absolute atomic E-state index is 13.6. The molecule has 0 saturated heterocycles. The largest absolute Gasteiger partial charge is 0.497 e. The molecule has 11 nitrogen and oxygen atoms in total. The SMILES string of the molecule is COc1ccc2c(c1)C(c1ccc(Cl)cc1)=N[C@@H]([C@@H](C)C(=O)OCN(CCCCCN)C(=O)OC(C)(C)C)c1nnc(C)n1-2. The van der Waals surface area contributed by atoms with Crippen LogP contribution in [0.1, 0.15) is 75.8 Å². The molecule has 1 aliphatic rings. The van der Waals surface area contributed by atoms with Crippen LogP contribution in [-0.4, -0.2) is 70.0 Å². The van der Waals surface area contributed by atoms with Gasteiger partial charge in [-0.25, -0.2) is 4.79 Å². The number of aryl methyl sites for hydroxylation is 1. The molecule has 2 aromatic carbocycles. The number of hydrogen-bond acceptors (Lipinski definition) is 9. The van der Waals surface area contributed by atoms with Gasteiger partial charge in [-0.05, 0) is 84.3 Å². The molecule has 44 heavy (non-hydrogen) atoms. The van der Waals surface area contributed by atoms with Crippen LogP contribution in [0.4, 0.5) is 4.79 Å². The van der Waals surface area contributed by atoms with E-state index in [-0.39, 0.29) is 6.73 Å². The summed E-state index contributed by atoms with van der Waals surface area (Å²) in [6.45, 7) is 9.63. The van der Waals surface area contributed by atoms with Crippen molar-refractivity contribution in [1.82, 2.24) is 19.7 Å². The van der Waals surface area contributed by atoms with Gasteiger partial charge in [0, 0.05) is 22.7 Å². The number of esters is 1. The highest BCUT2D eigenvalue weighted by Crippen LogP contribution is 2.36. The number of methoxy groups -OCH3 is 1. The first-order valence-corrected chi connectivity index (χ1v) is 15.1. The summed E-state index contributed by atoms with van der Waals surface area (Å²) in [6.07, 6.45) is 1.82. The first-order valence-electron chi connectivity index (χ1n) is 14.7. The van der Waals surface area contributed by atoms with Gasteiger partial charge >= 0.3 is 12.1 Å². The number of amides is 1. The van der Waals surface area contributed by atoms with Crippen molar-refractivity contribution in [2.24, 2.45) is 16.6 Å². The second-order valence-corrected chi connectivity index (χ2v) is 12.2. The van der Waals surface area contributed by atoms with Gasteiger partial charge < -0.3 is 19.9 Å². The number of nitrogens with two attached hydrogens (primary N) is 1. The number of aromatic nitrogens is 3. The second kappa shape index (κ2) is 14.2. The third kappa shape index (κ3) is 7.75. The Labute approximate surface area is 263 Å². The molecule has 2 heterocycles. The van der Waals surface area contributed by atoms with Crippen molar-refractivity contribution in [2.45, 2.75) is 65.5 Å². The maximum atomic E-state index is 13.6. The van der Waals surface area contributed by atoms with Gasteiger partial charge in [0.15, 0.2) is 12.6 Å². The number of carbonyl (C=O) groups excluding carboxylic acids is 2. The number of rotatable bonds is 11. The number of benzene rings is 2. The Morgan fingerprint density at radius 1 is 1.09 bits per heavy atom. The Morgan fingerprint density at radius 2 is 1.82 bits per heavy atom. The quantitative estimate of drug-likeness (QED) is 0.165. The van der Waals surface area contributed by atoms with Crippen LogP contribution in [0.2, 0.25) is 5.02 Å². The lowest BCUT2D eigenvalue weighted by atomic mass is 9.99. The molecule has 1 aliphatic heterocycles. The predicted molar refractivity (Wildman–Crippen MR) is 168 cm³/mol. The number of aliphatic imine (C=N–C) groups is 1. The topological polar surface area (TPSA) is 134 Å². The zero-order valence-electron chi connectivity index (χ0n) is 26.2. The standard InChI is InChI=1S/C32H41ClN6O5/c1-20(30(40)43-19-38(17-9-7-8-16-34)31(41)44-32(3,4)5)27-29-37-36-21(2)39(29)26-15-14-24(42-6)18-25(26)28(35-27)22-10-12-23(33)13-11-22/h10-15,18,20,27H,7-9,16-17,19,34H2,1-6H3/t20-,27+/m1/s1. The minimum absolute atomic E-state index is 0.260. The van der Waals surface area contributed by atoms with Crippen LogP contribution in [0.3, 0.4) is 0 Å². The molecule has 0 spiro atoms. The average Bonchev–Trinajstić information content (AvgIpc) is 3.29. The van der Waals surface area contributed by atoms with Gasteiger partial charge in [-0.15, -0.1) is 10.2 Å². The molecular weight excluding hydrogens is 584 g/mol. The van der Waals surface area contributed by atoms with Crippen molar-refractivity contribution in [3.8, 4) is 11.4 Å². The van der Waals surface area contributed by atoms with Crippen LogP contribution in [-0.2, 0) is 14.3 Å². The third-order valence-electron chi connectivity index (χ3n) is 7.19. The average molecular weight is 625 g/mol. The molecule has 2 atom stereocenters. The van der Waals surface area contributed by atoms with E-state index in [0.717, 1.165) is 29.7 Å². The highest BCUT2D eigenvalue weighted by Gasteiger charge is 2.36. The molecule has 2 N–H and O–H groups in total. The van der Waals surface area contributed by atoms with Crippen LogP contribution in [0.25, 0.3) is 5.69 Å². The molecule has 0 aliphatic carbocycles. The number of nitrogens with zero attached hydrogens (tertiary/aromatic N) is 5. The van der Waals surface area contributed by atoms with Gasteiger partial charge in [-0.3, -0.25) is 19.3 Å². The summed E-state index contributed by atoms with van der Waals surface area (Å²) in [5, 5.41) is 9.38. The van der Waals surface area contributed by atoms with Gasteiger partial charge in [0.25, 0.3) is 0 Å². The molecular formula is C32H41ClN6O5. The third-order valence-corrected chi connectivity index (χ3v) is 7.44. The molecule has 12 heteroatoms. The van der Waals surface area contributed by atoms with Crippen LogP contribution in [0, 0.1) is 12.8 Å². The number of fused-ring (bicyclic) bond motifs is 3. The number of hydrogen-bond donors (Lipinski definition) is 1. The van der Waals surface area contributed by atoms with Gasteiger partial charge in [0.2, 0.25) is 0 Å². The smallest absolute Gasteiger partial charge is 0.412 e. The lowest BCUT2D eigenvalue weighted by Crippen LogP contribution is -2.40. The Kier molecular flexibility index (Phi) is 10.6. The van der Waals surface area contributed by atoms with Gasteiger partial charge in [-0.1, -0.05) is 30.2 Å². The van der Waals surface area contributed by atoms with E-state index in [2.05, 4.69) is 10.2 Å². The lowest BCUT2D eigenvalue weighted by molar-refractivity contribution is -0.153. The van der Waals surface area contributed by atoms with Crippen LogP contribution in [0.5, 0.6) is 5.75 Å². The fourth-order valence-electron chi connectivity index (χ4n) is 4.89. The predicted octanol–water partition coefficient (Wildman–Crippen LogP) is 5.63. The Morgan fingerprint density at radius 3 is 2.48 bits per heavy atom. The van der Waals surface area contributed by atoms with Crippen LogP contribution >= 0.6 is 11.6 Å². The highest BCUT2D eigenvalue weighted by atomic mass is 35.5. The molecule has 3 aromatic rings. The summed E-state index contributed by atoms with van der Waals surface area (Å²) in [4.78, 5) is 33.1. The zero-order valence-corrected chi connectivity index (χ0v) is 26.9. The van der Waals surface area contributed by atoms with Crippen molar-refractivity contribution < 1.29 is 23.8 Å². The first kappa shape index (κ1) is 32.9. The molecule has 4 rings (SSSR count). The van der Waals surface area contributed by atoms with Gasteiger partial charge in [-0.2, -0.15) is 0 Å². The molecule has 0 unspecified atom stereocenters. The number of carbonyl (C=O) groups is 2. The van der Waals surface area contributed by atoms with Crippen molar-refractivity contribution in [3.63, 3.8) is 0 Å². The molecule has 0 bridgehead atoms. The Bertz CT molecular complexity index is 1500. The number of ether oxygens (including phenoxy) is 3. The fraction of sp³-hybridized carbons (Fsp3) is 0.469. The van der Waals surface area contributed by atoms with Crippen molar-refractivity contribution in [1.29, 1.82) is 0 Å². The van der Waals surface area contributed by atoms with Crippen molar-refractivity contribution in [3.05, 3.63) is 70.3 Å². The van der Waals surface area contributed by atoms with E-state index in [1.165, 1.54) is 4.90 Å². The molecule has 0 saturated carbocycles. The summed E-state index contributed by atoms with van der Waals surface area (Å²) in [5.41, 5.74) is 7.96. The van der Waals surface area contributed by atoms with Crippen molar-refractivity contribution >= 4 is 29.4 Å². The van der Waals surface area contributed by atoms with Crippen molar-refractivity contribution in [2.75, 3.05) is 26.9 Å². The minimum atomic E-state index is -0.784. The summed E-state index contributed by atoms with van der Waals surface area (Å²) in [7, 11) is 1.60. The highest BCUT2D eigenvalue weighted by molar-refractivity contribution is 6.30. The maximum Gasteiger partial charge on any atom is 0.412 e. The monoisotopic (exact) mass is 624 g/mol. The van der Waals surface area contributed by atoms with E-state index in [4.69, 9.17) is 36.5 Å². The lowest BCUT2D eigenvalue weighted by Gasteiger charge is -2.28. The molecule has 0 fully saturated rings. The van der Waals surface area contributed by atoms with E-state index >= 15 is 0 Å². The second-order valence-electron chi connectivity index (χ2n) is 11.7. The number of halogens is 1. The molecule has 1 amide bonds. The van der Waals surface area contributed by atoms with E-state index < -0.39 is 29.6 Å². The van der Waals surface area contributed by atoms with E-state index in [1.54, 1.807) is 46.9 Å². The minimum Gasteiger partial charge on any atom is -0.497 e. The normalized spacial score (nSPS) is 14.9. The fourth-order valence-corrected chi connectivity index (χ4v) is 5.02. The zero-order chi connectivity index (χ0) is 32.0. The van der Waals surface area contributed by atoms with E-state index in [9.17, 15) is 9.59 Å². The van der Waals surface area contributed by atoms with Crippen LogP contribution in [0.15, 0.2) is 47.5 Å². The summed E-state index contributed by atoms with van der Waals surface area (Å²) in [5.74, 6) is 0.456. The van der Waals surface area contributed by atoms with E-state index in [1.807, 2.05) is 41.8 Å². The Balaban J connectivity index is 1.68. The summed E-state index contributed by atoms with van der Waals surface area (Å²) < 4.78 is 18.8. The van der Waals surface area contributed by atoms with E-state index in [0.29, 0.717) is 47.6 Å².